The number of amides is 1. The van der Waals surface area contributed by atoms with Crippen LogP contribution in [-0.4, -0.2) is 30.7 Å². The molecule has 2 atom stereocenters. The van der Waals surface area contributed by atoms with Crippen LogP contribution < -0.4 is 5.32 Å². The number of hydrogen-bond acceptors (Lipinski definition) is 5. The minimum atomic E-state index is -0.280. The third-order valence-electron chi connectivity index (χ3n) is 4.94. The van der Waals surface area contributed by atoms with E-state index in [0.717, 1.165) is 30.7 Å². The number of nitrogens with one attached hydrogen (secondary N) is 1. The molecule has 1 aliphatic carbocycles. The number of fused-ring (bicyclic) bond motifs is 2. The molecule has 140 valence electrons. The van der Waals surface area contributed by atoms with Crippen molar-refractivity contribution in [2.45, 2.75) is 56.5 Å². The Hall–Kier alpha value is -2.41. The number of nitrogens with zero attached hydrogens (tertiary/aromatic N) is 4. The summed E-state index contributed by atoms with van der Waals surface area (Å²) in [5.74, 6) is 0.588. The van der Waals surface area contributed by atoms with Gasteiger partial charge in [0.25, 0.3) is 5.78 Å². The Morgan fingerprint density at radius 3 is 2.96 bits per heavy atom. The fraction of sp³-hybridized carbons (Fsp3) is 0.400. The largest absolute Gasteiger partial charge is 0.348 e. The number of aromatic nitrogens is 4. The van der Waals surface area contributed by atoms with Crippen LogP contribution in [0, 0.1) is 13.8 Å². The van der Waals surface area contributed by atoms with Gasteiger partial charge in [0, 0.05) is 11.4 Å². The molecule has 0 aliphatic heterocycles. The van der Waals surface area contributed by atoms with Crippen LogP contribution in [0.5, 0.6) is 0 Å². The van der Waals surface area contributed by atoms with Crippen molar-refractivity contribution in [2.24, 2.45) is 0 Å². The predicted molar refractivity (Wildman–Crippen MR) is 106 cm³/mol. The molecular weight excluding hydrogens is 358 g/mol. The van der Waals surface area contributed by atoms with E-state index in [0.29, 0.717) is 10.9 Å². The van der Waals surface area contributed by atoms with E-state index < -0.39 is 0 Å². The Bertz CT molecular complexity index is 999. The highest BCUT2D eigenvalue weighted by molar-refractivity contribution is 8.00. The van der Waals surface area contributed by atoms with Crippen molar-refractivity contribution in [1.29, 1.82) is 0 Å². The van der Waals surface area contributed by atoms with Gasteiger partial charge in [0.1, 0.15) is 0 Å². The van der Waals surface area contributed by atoms with E-state index >= 15 is 0 Å². The Labute approximate surface area is 162 Å². The first kappa shape index (κ1) is 18.0. The molecule has 4 rings (SSSR count). The predicted octanol–water partition coefficient (Wildman–Crippen LogP) is 3.42. The zero-order valence-corrected chi connectivity index (χ0v) is 16.6. The summed E-state index contributed by atoms with van der Waals surface area (Å²) < 4.78 is 1.72. The number of hydrogen-bond donors (Lipinski definition) is 1. The van der Waals surface area contributed by atoms with E-state index in [2.05, 4.69) is 38.6 Å². The van der Waals surface area contributed by atoms with Gasteiger partial charge in [-0.1, -0.05) is 36.0 Å². The highest BCUT2D eigenvalue weighted by Crippen LogP contribution is 2.30. The van der Waals surface area contributed by atoms with E-state index in [1.807, 2.05) is 32.9 Å². The van der Waals surface area contributed by atoms with Crippen LogP contribution in [0.15, 0.2) is 35.5 Å². The third-order valence-corrected chi connectivity index (χ3v) is 5.89. The number of carbonyl (C=O) groups is 1. The molecule has 0 spiro atoms. The Balaban J connectivity index is 1.47. The number of aryl methyl sites for hydroxylation is 3. The molecule has 6 nitrogen and oxygen atoms in total. The van der Waals surface area contributed by atoms with E-state index in [9.17, 15) is 4.79 Å². The maximum atomic E-state index is 12.8. The van der Waals surface area contributed by atoms with Crippen molar-refractivity contribution in [3.05, 3.63) is 52.8 Å². The van der Waals surface area contributed by atoms with Crippen LogP contribution in [0.4, 0.5) is 0 Å². The molecule has 0 radical (unpaired) electrons. The van der Waals surface area contributed by atoms with Crippen LogP contribution in [-0.2, 0) is 11.2 Å². The normalized spacial score (nSPS) is 17.5. The smallest absolute Gasteiger partial charge is 0.253 e. The first-order chi connectivity index (χ1) is 13.0. The summed E-state index contributed by atoms with van der Waals surface area (Å²) in [4.78, 5) is 21.6. The van der Waals surface area contributed by atoms with Crippen molar-refractivity contribution >= 4 is 23.4 Å². The number of rotatable bonds is 4. The molecule has 1 aliphatic rings. The van der Waals surface area contributed by atoms with Gasteiger partial charge in [-0.2, -0.15) is 4.98 Å². The zero-order chi connectivity index (χ0) is 19.0. The van der Waals surface area contributed by atoms with Gasteiger partial charge in [0.2, 0.25) is 11.1 Å². The highest BCUT2D eigenvalue weighted by Gasteiger charge is 2.25. The van der Waals surface area contributed by atoms with E-state index in [4.69, 9.17) is 0 Å². The van der Waals surface area contributed by atoms with Crippen LogP contribution in [0.25, 0.3) is 5.78 Å². The highest BCUT2D eigenvalue weighted by atomic mass is 32.2. The Morgan fingerprint density at radius 2 is 2.11 bits per heavy atom. The molecule has 1 aromatic carbocycles. The van der Waals surface area contributed by atoms with E-state index in [1.165, 1.54) is 22.9 Å². The molecule has 27 heavy (non-hydrogen) atoms. The minimum Gasteiger partial charge on any atom is -0.348 e. The van der Waals surface area contributed by atoms with Crippen LogP contribution in [0.1, 0.15) is 48.3 Å². The monoisotopic (exact) mass is 381 g/mol. The van der Waals surface area contributed by atoms with Crippen molar-refractivity contribution in [3.8, 4) is 0 Å². The molecular formula is C20H23N5OS. The van der Waals surface area contributed by atoms with E-state index in [-0.39, 0.29) is 17.2 Å². The van der Waals surface area contributed by atoms with Gasteiger partial charge < -0.3 is 5.32 Å². The number of carbonyl (C=O) groups excluding carboxylic acids is 1. The summed E-state index contributed by atoms with van der Waals surface area (Å²) in [5.41, 5.74) is 4.47. The molecule has 2 heterocycles. The lowest BCUT2D eigenvalue weighted by Gasteiger charge is -2.27. The van der Waals surface area contributed by atoms with Gasteiger partial charge in [0.05, 0.1) is 11.3 Å². The maximum absolute atomic E-state index is 12.8. The molecule has 1 amide bonds. The molecule has 0 saturated carbocycles. The van der Waals surface area contributed by atoms with Gasteiger partial charge >= 0.3 is 0 Å². The quantitative estimate of drug-likeness (QED) is 0.701. The molecule has 3 aromatic rings. The lowest BCUT2D eigenvalue weighted by molar-refractivity contribution is -0.121. The average Bonchev–Trinajstić information content (AvgIpc) is 3.04. The second-order valence-electron chi connectivity index (χ2n) is 7.06. The Morgan fingerprint density at radius 1 is 1.30 bits per heavy atom. The summed E-state index contributed by atoms with van der Waals surface area (Å²) in [6, 6.07) is 10.4. The third kappa shape index (κ3) is 3.69. The van der Waals surface area contributed by atoms with Crippen molar-refractivity contribution in [1.82, 2.24) is 24.9 Å². The lowest BCUT2D eigenvalue weighted by Crippen LogP contribution is -2.35. The van der Waals surface area contributed by atoms with E-state index in [1.54, 1.807) is 4.52 Å². The van der Waals surface area contributed by atoms with Gasteiger partial charge in [-0.3, -0.25) is 4.79 Å². The van der Waals surface area contributed by atoms with Crippen LogP contribution in [0.2, 0.25) is 0 Å². The average molecular weight is 382 g/mol. The number of thioether (sulfide) groups is 1. The first-order valence-corrected chi connectivity index (χ1v) is 10.1. The summed E-state index contributed by atoms with van der Waals surface area (Å²) in [6.45, 7) is 5.81. The van der Waals surface area contributed by atoms with Gasteiger partial charge in [-0.05, 0) is 57.2 Å². The molecule has 1 N–H and O–H groups in total. The second-order valence-corrected chi connectivity index (χ2v) is 8.37. The molecule has 7 heteroatoms. The topological polar surface area (TPSA) is 72.2 Å². The van der Waals surface area contributed by atoms with Crippen molar-refractivity contribution < 1.29 is 4.79 Å². The van der Waals surface area contributed by atoms with Gasteiger partial charge in [0.15, 0.2) is 0 Å². The molecule has 0 saturated heterocycles. The molecule has 0 fully saturated rings. The summed E-state index contributed by atoms with van der Waals surface area (Å²) in [5, 5.41) is 7.99. The van der Waals surface area contributed by atoms with Gasteiger partial charge in [-0.25, -0.2) is 9.50 Å². The molecule has 0 bridgehead atoms. The SMILES string of the molecule is Cc1cc(C)n2nc(S[C@@H](C)C(=O)N[C@H]3CCCc4ccccc43)nc2n1. The molecule has 0 unspecified atom stereocenters. The number of benzene rings is 1. The standard InChI is InChI=1S/C20H23N5OS/c1-12-11-13(2)25-19(21-12)23-20(24-25)27-14(3)18(26)22-17-10-6-8-15-7-4-5-9-16(15)17/h4-5,7,9,11,14,17H,6,8,10H2,1-3H3,(H,22,26)/t14-,17-/m0/s1. The Kier molecular flexibility index (Phi) is 4.86. The van der Waals surface area contributed by atoms with Gasteiger partial charge in [-0.15, -0.1) is 5.10 Å². The fourth-order valence-electron chi connectivity index (χ4n) is 3.60. The maximum Gasteiger partial charge on any atom is 0.253 e. The first-order valence-electron chi connectivity index (χ1n) is 9.27. The molecule has 2 aromatic heterocycles. The second kappa shape index (κ2) is 7.31. The minimum absolute atomic E-state index is 0.0152. The summed E-state index contributed by atoms with van der Waals surface area (Å²) in [7, 11) is 0. The van der Waals surface area contributed by atoms with Crippen molar-refractivity contribution in [2.75, 3.05) is 0 Å². The lowest BCUT2D eigenvalue weighted by atomic mass is 9.88. The summed E-state index contributed by atoms with van der Waals surface area (Å²) >= 11 is 1.37. The summed E-state index contributed by atoms with van der Waals surface area (Å²) in [6.07, 6.45) is 3.17. The fourth-order valence-corrected chi connectivity index (χ4v) is 4.36. The van der Waals surface area contributed by atoms with Crippen LogP contribution in [0.3, 0.4) is 0 Å². The van der Waals surface area contributed by atoms with Crippen molar-refractivity contribution in [3.63, 3.8) is 0 Å². The van der Waals surface area contributed by atoms with Crippen LogP contribution >= 0.6 is 11.8 Å². The zero-order valence-electron chi connectivity index (χ0n) is 15.8.